The molecule has 8 heteroatoms. The molecule has 0 saturated carbocycles. The Balaban J connectivity index is 1.73. The summed E-state index contributed by atoms with van der Waals surface area (Å²) in [6.07, 6.45) is 3.36. The van der Waals surface area contributed by atoms with Crippen LogP contribution in [-0.4, -0.2) is 33.5 Å². The van der Waals surface area contributed by atoms with Crippen molar-refractivity contribution >= 4 is 17.7 Å². The van der Waals surface area contributed by atoms with Crippen molar-refractivity contribution in [1.29, 1.82) is 0 Å². The van der Waals surface area contributed by atoms with E-state index < -0.39 is 0 Å². The number of ether oxygens (including phenoxy) is 1. The van der Waals surface area contributed by atoms with E-state index in [4.69, 9.17) is 9.15 Å². The summed E-state index contributed by atoms with van der Waals surface area (Å²) in [5.74, 6) is 2.20. The molecule has 3 aromatic rings. The number of carbonyl (C=O) groups excluding carboxylic acids is 1. The van der Waals surface area contributed by atoms with Gasteiger partial charge < -0.3 is 14.5 Å². The quantitative estimate of drug-likeness (QED) is 0.437. The van der Waals surface area contributed by atoms with Crippen LogP contribution in [0, 0.1) is 0 Å². The van der Waals surface area contributed by atoms with E-state index in [2.05, 4.69) is 22.1 Å². The number of nitrogens with one attached hydrogen (secondary N) is 1. The number of nitrogens with zero attached hydrogens (tertiary/aromatic N) is 3. The molecule has 0 aliphatic rings. The number of furan rings is 1. The summed E-state index contributed by atoms with van der Waals surface area (Å²) >= 11 is 1.32. The van der Waals surface area contributed by atoms with Gasteiger partial charge in [0.2, 0.25) is 5.91 Å². The standard InChI is InChI=1S/C20H22N4O3S/c1-4-11-24-19(15-8-5-6-9-17(15)26-3)22-23-20(24)28-13-18(25)21-14(2)16-10-7-12-27-16/h4-10,12,14H,1,11,13H2,2-3H3,(H,21,25)/t14-/m1/s1. The molecular formula is C20H22N4O3S. The number of rotatable bonds is 9. The first kappa shape index (κ1) is 19.8. The topological polar surface area (TPSA) is 82.2 Å². The Morgan fingerprint density at radius 2 is 2.18 bits per heavy atom. The fraction of sp³-hybridized carbons (Fsp3) is 0.250. The van der Waals surface area contributed by atoms with Gasteiger partial charge in [0.15, 0.2) is 11.0 Å². The van der Waals surface area contributed by atoms with Crippen molar-refractivity contribution in [1.82, 2.24) is 20.1 Å². The molecule has 0 aliphatic heterocycles. The highest BCUT2D eigenvalue weighted by molar-refractivity contribution is 7.99. The van der Waals surface area contributed by atoms with Gasteiger partial charge in [0.05, 0.1) is 30.7 Å². The molecule has 1 atom stereocenters. The van der Waals surface area contributed by atoms with Gasteiger partial charge in [-0.25, -0.2) is 0 Å². The minimum atomic E-state index is -0.196. The normalized spacial score (nSPS) is 11.8. The van der Waals surface area contributed by atoms with Gasteiger partial charge in [-0.2, -0.15) is 0 Å². The molecule has 0 saturated heterocycles. The Bertz CT molecular complexity index is 937. The first-order valence-corrected chi connectivity index (χ1v) is 9.75. The van der Waals surface area contributed by atoms with Crippen LogP contribution in [0.3, 0.4) is 0 Å². The Labute approximate surface area is 167 Å². The zero-order valence-electron chi connectivity index (χ0n) is 15.8. The van der Waals surface area contributed by atoms with Crippen molar-refractivity contribution in [3.05, 3.63) is 61.1 Å². The number of hydrogen-bond donors (Lipinski definition) is 1. The second-order valence-corrected chi connectivity index (χ2v) is 6.94. The van der Waals surface area contributed by atoms with E-state index in [9.17, 15) is 4.79 Å². The molecule has 0 fully saturated rings. The Hall–Kier alpha value is -3.00. The molecule has 0 radical (unpaired) electrons. The average Bonchev–Trinajstić information content (AvgIpc) is 3.37. The number of para-hydroxylation sites is 1. The van der Waals surface area contributed by atoms with Gasteiger partial charge in [-0.1, -0.05) is 30.0 Å². The number of hydrogen-bond acceptors (Lipinski definition) is 6. The fourth-order valence-corrected chi connectivity index (χ4v) is 3.50. The van der Waals surface area contributed by atoms with Crippen LogP contribution in [0.25, 0.3) is 11.4 Å². The van der Waals surface area contributed by atoms with Gasteiger partial charge in [0.1, 0.15) is 11.5 Å². The minimum absolute atomic E-state index is 0.110. The summed E-state index contributed by atoms with van der Waals surface area (Å²) in [6, 6.07) is 11.0. The van der Waals surface area contributed by atoms with Crippen molar-refractivity contribution in [2.75, 3.05) is 12.9 Å². The number of amides is 1. The largest absolute Gasteiger partial charge is 0.496 e. The maximum atomic E-state index is 12.3. The first-order valence-electron chi connectivity index (χ1n) is 8.77. The number of thioether (sulfide) groups is 1. The van der Waals surface area contributed by atoms with Gasteiger partial charge in [0, 0.05) is 6.54 Å². The molecule has 1 aromatic carbocycles. The zero-order valence-corrected chi connectivity index (χ0v) is 16.6. The molecule has 1 N–H and O–H groups in total. The monoisotopic (exact) mass is 398 g/mol. The zero-order chi connectivity index (χ0) is 19.9. The SMILES string of the molecule is C=CCn1c(SCC(=O)N[C@H](C)c2ccco2)nnc1-c1ccccc1OC. The van der Waals surface area contributed by atoms with Crippen LogP contribution in [0.5, 0.6) is 5.75 Å². The third-order valence-corrected chi connectivity index (χ3v) is 5.02. The first-order chi connectivity index (χ1) is 13.6. The van der Waals surface area contributed by atoms with Crippen molar-refractivity contribution in [2.45, 2.75) is 24.7 Å². The smallest absolute Gasteiger partial charge is 0.231 e. The Morgan fingerprint density at radius 1 is 1.36 bits per heavy atom. The molecule has 0 spiro atoms. The highest BCUT2D eigenvalue weighted by Gasteiger charge is 2.18. The molecule has 146 valence electrons. The molecule has 2 aromatic heterocycles. The molecule has 0 bridgehead atoms. The van der Waals surface area contributed by atoms with Crippen LogP contribution in [-0.2, 0) is 11.3 Å². The number of benzene rings is 1. The number of aromatic nitrogens is 3. The second-order valence-electron chi connectivity index (χ2n) is 6.00. The Morgan fingerprint density at radius 3 is 2.89 bits per heavy atom. The van der Waals surface area contributed by atoms with E-state index in [0.717, 1.165) is 5.56 Å². The lowest BCUT2D eigenvalue weighted by molar-refractivity contribution is -0.119. The van der Waals surface area contributed by atoms with Gasteiger partial charge in [-0.15, -0.1) is 16.8 Å². The summed E-state index contributed by atoms with van der Waals surface area (Å²) < 4.78 is 12.7. The summed E-state index contributed by atoms with van der Waals surface area (Å²) in [5.41, 5.74) is 0.835. The van der Waals surface area contributed by atoms with Crippen LogP contribution in [0.2, 0.25) is 0 Å². The summed E-state index contributed by atoms with van der Waals surface area (Å²) in [7, 11) is 1.62. The van der Waals surface area contributed by atoms with Crippen LogP contribution in [0.4, 0.5) is 0 Å². The van der Waals surface area contributed by atoms with Crippen molar-refractivity contribution in [3.63, 3.8) is 0 Å². The summed E-state index contributed by atoms with van der Waals surface area (Å²) in [6.45, 7) is 6.21. The minimum Gasteiger partial charge on any atom is -0.496 e. The molecule has 7 nitrogen and oxygen atoms in total. The van der Waals surface area contributed by atoms with Crippen LogP contribution in [0.1, 0.15) is 18.7 Å². The molecular weight excluding hydrogens is 376 g/mol. The second kappa shape index (κ2) is 9.27. The molecule has 0 unspecified atom stereocenters. The van der Waals surface area contributed by atoms with E-state index in [0.29, 0.717) is 29.0 Å². The molecule has 2 heterocycles. The number of allylic oxidation sites excluding steroid dienone is 1. The van der Waals surface area contributed by atoms with Crippen LogP contribution in [0.15, 0.2) is 64.9 Å². The maximum absolute atomic E-state index is 12.3. The maximum Gasteiger partial charge on any atom is 0.231 e. The van der Waals surface area contributed by atoms with E-state index in [1.54, 1.807) is 25.5 Å². The lowest BCUT2D eigenvalue weighted by Crippen LogP contribution is -2.28. The highest BCUT2D eigenvalue weighted by Crippen LogP contribution is 2.30. The lowest BCUT2D eigenvalue weighted by atomic mass is 10.2. The molecule has 3 rings (SSSR count). The average molecular weight is 398 g/mol. The third kappa shape index (κ3) is 4.45. The van der Waals surface area contributed by atoms with Gasteiger partial charge in [-0.3, -0.25) is 9.36 Å². The van der Waals surface area contributed by atoms with Crippen LogP contribution < -0.4 is 10.1 Å². The summed E-state index contributed by atoms with van der Waals surface area (Å²) in [4.78, 5) is 12.3. The number of methoxy groups -OCH3 is 1. The van der Waals surface area contributed by atoms with Crippen LogP contribution >= 0.6 is 11.8 Å². The van der Waals surface area contributed by atoms with Crippen molar-refractivity contribution < 1.29 is 13.9 Å². The van der Waals surface area contributed by atoms with E-state index in [-0.39, 0.29) is 17.7 Å². The highest BCUT2D eigenvalue weighted by atomic mass is 32.2. The number of carbonyl (C=O) groups is 1. The van der Waals surface area contributed by atoms with Crippen molar-refractivity contribution in [3.8, 4) is 17.1 Å². The molecule has 1 amide bonds. The predicted octanol–water partition coefficient (Wildman–Crippen LogP) is 3.70. The van der Waals surface area contributed by atoms with Gasteiger partial charge in [-0.05, 0) is 31.2 Å². The predicted molar refractivity (Wildman–Crippen MR) is 108 cm³/mol. The van der Waals surface area contributed by atoms with E-state index in [1.807, 2.05) is 41.8 Å². The summed E-state index contributed by atoms with van der Waals surface area (Å²) in [5, 5.41) is 12.1. The molecule has 28 heavy (non-hydrogen) atoms. The molecule has 0 aliphatic carbocycles. The van der Waals surface area contributed by atoms with Crippen molar-refractivity contribution in [2.24, 2.45) is 0 Å². The van der Waals surface area contributed by atoms with Gasteiger partial charge in [0.25, 0.3) is 0 Å². The Kier molecular flexibility index (Phi) is 6.54. The van der Waals surface area contributed by atoms with Gasteiger partial charge >= 0.3 is 0 Å². The van der Waals surface area contributed by atoms with E-state index >= 15 is 0 Å². The third-order valence-electron chi connectivity index (χ3n) is 4.06. The fourth-order valence-electron chi connectivity index (χ4n) is 2.74. The van der Waals surface area contributed by atoms with E-state index in [1.165, 1.54) is 11.8 Å². The lowest BCUT2D eigenvalue weighted by Gasteiger charge is -2.12.